The van der Waals surface area contributed by atoms with Gasteiger partial charge in [-0.25, -0.2) is 8.42 Å². The van der Waals surface area contributed by atoms with Crippen LogP contribution in [0.25, 0.3) is 11.4 Å². The molecule has 186 valence electrons. The van der Waals surface area contributed by atoms with Crippen molar-refractivity contribution in [1.82, 2.24) is 24.0 Å². The van der Waals surface area contributed by atoms with Gasteiger partial charge in [0.15, 0.2) is 11.0 Å². The molecule has 1 aromatic heterocycles. The molecule has 2 saturated heterocycles. The van der Waals surface area contributed by atoms with Crippen LogP contribution in [0.5, 0.6) is 0 Å². The molecule has 2 fully saturated rings. The van der Waals surface area contributed by atoms with E-state index >= 15 is 0 Å². The zero-order valence-electron chi connectivity index (χ0n) is 20.1. The standard InChI is InChI=1S/C24H35N5O3S2/c1-3-29-23(25-26-24(29)33-18-22(30)27-14-8-9-19(2)17-27)20-10-12-21(13-11-20)34(31,32)28-15-6-4-5-7-16-28/h10-13,19H,3-9,14-18H2,1-2H3/t19-/m0/s1. The van der Waals surface area contributed by atoms with Crippen LogP contribution in [0.3, 0.4) is 0 Å². The van der Waals surface area contributed by atoms with Gasteiger partial charge in [-0.15, -0.1) is 10.2 Å². The minimum absolute atomic E-state index is 0.145. The lowest BCUT2D eigenvalue weighted by molar-refractivity contribution is -0.130. The second-order valence-electron chi connectivity index (χ2n) is 9.27. The number of thioether (sulfide) groups is 1. The van der Waals surface area contributed by atoms with Crippen molar-refractivity contribution >= 4 is 27.7 Å². The number of carbonyl (C=O) groups excluding carboxylic acids is 1. The molecule has 0 unspecified atom stereocenters. The van der Waals surface area contributed by atoms with Gasteiger partial charge >= 0.3 is 0 Å². The van der Waals surface area contributed by atoms with E-state index in [2.05, 4.69) is 17.1 Å². The topological polar surface area (TPSA) is 88.4 Å². The maximum atomic E-state index is 13.1. The van der Waals surface area contributed by atoms with E-state index in [4.69, 9.17) is 0 Å². The van der Waals surface area contributed by atoms with E-state index < -0.39 is 10.0 Å². The highest BCUT2D eigenvalue weighted by Gasteiger charge is 2.26. The first kappa shape index (κ1) is 25.2. The third-order valence-electron chi connectivity index (χ3n) is 6.68. The van der Waals surface area contributed by atoms with Gasteiger partial charge in [-0.05, 0) is 62.8 Å². The van der Waals surface area contributed by atoms with Crippen molar-refractivity contribution in [2.75, 3.05) is 31.9 Å². The molecule has 0 N–H and O–H groups in total. The molecule has 2 aliphatic rings. The summed E-state index contributed by atoms with van der Waals surface area (Å²) < 4.78 is 29.7. The first-order valence-corrected chi connectivity index (χ1v) is 14.8. The van der Waals surface area contributed by atoms with E-state index in [1.54, 1.807) is 28.6 Å². The zero-order chi connectivity index (χ0) is 24.1. The lowest BCUT2D eigenvalue weighted by Gasteiger charge is -2.30. The van der Waals surface area contributed by atoms with E-state index in [0.29, 0.717) is 47.2 Å². The Morgan fingerprint density at radius 1 is 1.03 bits per heavy atom. The Kier molecular flexibility index (Phi) is 8.31. The van der Waals surface area contributed by atoms with Gasteiger partial charge in [0, 0.05) is 38.3 Å². The molecule has 1 aromatic carbocycles. The number of likely N-dealkylation sites (tertiary alicyclic amines) is 1. The number of nitrogens with zero attached hydrogens (tertiary/aromatic N) is 5. The van der Waals surface area contributed by atoms with Crippen LogP contribution in [0.1, 0.15) is 52.4 Å². The molecule has 2 aromatic rings. The molecule has 4 rings (SSSR count). The number of rotatable bonds is 7. The summed E-state index contributed by atoms with van der Waals surface area (Å²) in [6.07, 6.45) is 6.24. The Morgan fingerprint density at radius 2 is 1.74 bits per heavy atom. The SMILES string of the molecule is CCn1c(SCC(=O)N2CCC[C@H](C)C2)nnc1-c1ccc(S(=O)(=O)N2CCCCCC2)cc1. The summed E-state index contributed by atoms with van der Waals surface area (Å²) in [7, 11) is -3.48. The Morgan fingerprint density at radius 3 is 2.38 bits per heavy atom. The Bertz CT molecular complexity index is 1080. The second kappa shape index (κ2) is 11.2. The Hall–Kier alpha value is -1.91. The summed E-state index contributed by atoms with van der Waals surface area (Å²) >= 11 is 1.41. The molecule has 34 heavy (non-hydrogen) atoms. The highest BCUT2D eigenvalue weighted by atomic mass is 32.2. The smallest absolute Gasteiger partial charge is 0.243 e. The Balaban J connectivity index is 1.45. The molecule has 10 heteroatoms. The molecule has 1 atom stereocenters. The third kappa shape index (κ3) is 5.66. The van der Waals surface area contributed by atoms with Crippen molar-refractivity contribution in [1.29, 1.82) is 0 Å². The largest absolute Gasteiger partial charge is 0.342 e. The summed E-state index contributed by atoms with van der Waals surface area (Å²) in [6.45, 7) is 7.71. The summed E-state index contributed by atoms with van der Waals surface area (Å²) in [5.41, 5.74) is 0.812. The van der Waals surface area contributed by atoms with Crippen molar-refractivity contribution in [3.63, 3.8) is 0 Å². The molecule has 0 saturated carbocycles. The number of hydrogen-bond acceptors (Lipinski definition) is 6. The number of amides is 1. The van der Waals surface area contributed by atoms with E-state index in [0.717, 1.165) is 50.8 Å². The van der Waals surface area contributed by atoms with E-state index in [1.807, 2.05) is 16.4 Å². The van der Waals surface area contributed by atoms with Gasteiger partial charge in [0.1, 0.15) is 0 Å². The quantitative estimate of drug-likeness (QED) is 0.531. The van der Waals surface area contributed by atoms with Gasteiger partial charge in [-0.2, -0.15) is 4.31 Å². The van der Waals surface area contributed by atoms with Crippen molar-refractivity contribution in [2.45, 2.75) is 69.0 Å². The zero-order valence-corrected chi connectivity index (χ0v) is 21.8. The number of carbonyl (C=O) groups is 1. The average Bonchev–Trinajstić information content (AvgIpc) is 3.04. The van der Waals surface area contributed by atoms with Crippen LogP contribution in [-0.2, 0) is 21.4 Å². The van der Waals surface area contributed by atoms with Gasteiger partial charge in [-0.1, -0.05) is 31.5 Å². The van der Waals surface area contributed by atoms with Crippen molar-refractivity contribution in [3.05, 3.63) is 24.3 Å². The number of aromatic nitrogens is 3. The van der Waals surface area contributed by atoms with Crippen LogP contribution in [0.15, 0.2) is 34.3 Å². The highest BCUT2D eigenvalue weighted by molar-refractivity contribution is 7.99. The summed E-state index contributed by atoms with van der Waals surface area (Å²) in [5, 5.41) is 9.40. The van der Waals surface area contributed by atoms with Gasteiger partial charge < -0.3 is 9.47 Å². The van der Waals surface area contributed by atoms with Crippen molar-refractivity contribution in [2.24, 2.45) is 5.92 Å². The summed E-state index contributed by atoms with van der Waals surface area (Å²) in [5.74, 6) is 1.73. The van der Waals surface area contributed by atoms with Crippen molar-refractivity contribution < 1.29 is 13.2 Å². The normalized spacial score (nSPS) is 20.3. The van der Waals surface area contributed by atoms with Crippen molar-refractivity contribution in [3.8, 4) is 11.4 Å². The van der Waals surface area contributed by atoms with Gasteiger partial charge in [0.2, 0.25) is 15.9 Å². The maximum Gasteiger partial charge on any atom is 0.243 e. The fourth-order valence-corrected chi connectivity index (χ4v) is 7.16. The third-order valence-corrected chi connectivity index (χ3v) is 9.55. The fourth-order valence-electron chi connectivity index (χ4n) is 4.73. The number of benzene rings is 1. The maximum absolute atomic E-state index is 13.1. The van der Waals surface area contributed by atoms with E-state index in [9.17, 15) is 13.2 Å². The monoisotopic (exact) mass is 505 g/mol. The minimum atomic E-state index is -3.48. The number of sulfonamides is 1. The second-order valence-corrected chi connectivity index (χ2v) is 12.1. The molecular formula is C24H35N5O3S2. The molecule has 0 radical (unpaired) electrons. The Labute approximate surface area is 207 Å². The average molecular weight is 506 g/mol. The number of piperidine rings is 1. The molecule has 3 heterocycles. The molecule has 0 bridgehead atoms. The molecule has 0 aliphatic carbocycles. The molecule has 1 amide bonds. The van der Waals surface area contributed by atoms with Crippen LogP contribution >= 0.6 is 11.8 Å². The first-order chi connectivity index (χ1) is 16.4. The minimum Gasteiger partial charge on any atom is -0.342 e. The summed E-state index contributed by atoms with van der Waals surface area (Å²) in [6, 6.07) is 6.93. The predicted molar refractivity (Wildman–Crippen MR) is 134 cm³/mol. The summed E-state index contributed by atoms with van der Waals surface area (Å²) in [4.78, 5) is 14.9. The van der Waals surface area contributed by atoms with Gasteiger partial charge in [-0.3, -0.25) is 4.79 Å². The highest BCUT2D eigenvalue weighted by Crippen LogP contribution is 2.27. The molecule has 8 nitrogen and oxygen atoms in total. The fraction of sp³-hybridized carbons (Fsp3) is 0.625. The molecule has 2 aliphatic heterocycles. The van der Waals surface area contributed by atoms with Crippen LogP contribution < -0.4 is 0 Å². The van der Waals surface area contributed by atoms with Crippen LogP contribution in [0, 0.1) is 5.92 Å². The first-order valence-electron chi connectivity index (χ1n) is 12.3. The lowest BCUT2D eigenvalue weighted by atomic mass is 10.0. The molecule has 0 spiro atoms. The van der Waals surface area contributed by atoms with E-state index in [1.165, 1.54) is 18.2 Å². The van der Waals surface area contributed by atoms with Gasteiger partial charge in [0.25, 0.3) is 0 Å². The number of hydrogen-bond donors (Lipinski definition) is 0. The molecular weight excluding hydrogens is 470 g/mol. The predicted octanol–water partition coefficient (Wildman–Crippen LogP) is 3.88. The van der Waals surface area contributed by atoms with E-state index in [-0.39, 0.29) is 5.91 Å². The van der Waals surface area contributed by atoms with Crippen LogP contribution in [0.2, 0.25) is 0 Å². The van der Waals surface area contributed by atoms with Crippen LogP contribution in [-0.4, -0.2) is 70.2 Å². The van der Waals surface area contributed by atoms with Crippen LogP contribution in [0.4, 0.5) is 0 Å². The lowest BCUT2D eigenvalue weighted by Crippen LogP contribution is -2.40. The van der Waals surface area contributed by atoms with Gasteiger partial charge in [0.05, 0.1) is 10.6 Å².